The lowest BCUT2D eigenvalue weighted by molar-refractivity contribution is -0.159. The van der Waals surface area contributed by atoms with Gasteiger partial charge in [-0.1, -0.05) is 12.1 Å². The first-order chi connectivity index (χ1) is 12.8. The van der Waals surface area contributed by atoms with E-state index < -0.39 is 22.8 Å². The molecule has 0 amide bonds. The predicted molar refractivity (Wildman–Crippen MR) is 97.1 cm³/mol. The molecule has 0 atom stereocenters. The molecule has 0 saturated heterocycles. The summed E-state index contributed by atoms with van der Waals surface area (Å²) in [6.07, 6.45) is 3.15. The molecule has 0 unspecified atom stereocenters. The Hall–Kier alpha value is -3.22. The fourth-order valence-electron chi connectivity index (χ4n) is 2.51. The van der Waals surface area contributed by atoms with Crippen LogP contribution in [0.3, 0.4) is 0 Å². The number of rotatable bonds is 4. The molecule has 2 aromatic heterocycles. The van der Waals surface area contributed by atoms with Crippen LogP contribution < -0.4 is 5.63 Å². The predicted octanol–water partition coefficient (Wildman–Crippen LogP) is 3.86. The molecule has 6 nitrogen and oxygen atoms in total. The number of carbonyl (C=O) groups is 1. The van der Waals surface area contributed by atoms with Crippen molar-refractivity contribution < 1.29 is 18.4 Å². The maximum Gasteiger partial charge on any atom is 0.366 e. The summed E-state index contributed by atoms with van der Waals surface area (Å²) >= 11 is 0. The second kappa shape index (κ2) is 7.19. The molecule has 0 spiro atoms. The molecule has 0 radical (unpaired) electrons. The Balaban J connectivity index is 2.09. The van der Waals surface area contributed by atoms with E-state index in [0.29, 0.717) is 16.8 Å². The third-order valence-corrected chi connectivity index (χ3v) is 3.90. The Morgan fingerprint density at radius 2 is 1.74 bits per heavy atom. The van der Waals surface area contributed by atoms with Gasteiger partial charge in [0, 0.05) is 18.0 Å². The van der Waals surface area contributed by atoms with Gasteiger partial charge in [-0.2, -0.15) is 4.74 Å². The fraction of sp³-hybridized carbons (Fsp3) is 0.250. The molecule has 0 aliphatic carbocycles. The summed E-state index contributed by atoms with van der Waals surface area (Å²) in [6, 6.07) is 8.94. The lowest BCUT2D eigenvalue weighted by Gasteiger charge is -2.17. The average Bonchev–Trinajstić information content (AvgIpc) is 2.96. The standard InChI is InChI=1S/C20H19FN2O4/c1-20(2,3)19(25)26-12-23-17(14-8-10-22-11-9-14)16(18(24)27-23)13-4-6-15(21)7-5-13/h4-11H,12H2,1-3H3. The largest absolute Gasteiger partial charge is 0.441 e. The van der Waals surface area contributed by atoms with E-state index in [9.17, 15) is 14.0 Å². The van der Waals surface area contributed by atoms with E-state index in [1.807, 2.05) is 0 Å². The highest BCUT2D eigenvalue weighted by Crippen LogP contribution is 2.30. The normalized spacial score (nSPS) is 11.4. The number of ether oxygens (including phenoxy) is 1. The summed E-state index contributed by atoms with van der Waals surface area (Å²) in [4.78, 5) is 28.6. The van der Waals surface area contributed by atoms with Gasteiger partial charge >= 0.3 is 11.6 Å². The molecule has 1 aromatic carbocycles. The van der Waals surface area contributed by atoms with Gasteiger partial charge < -0.3 is 9.26 Å². The molecular weight excluding hydrogens is 351 g/mol. The first-order valence-corrected chi connectivity index (χ1v) is 8.35. The number of hydrogen-bond donors (Lipinski definition) is 0. The van der Waals surface area contributed by atoms with Crippen LogP contribution in [0.2, 0.25) is 0 Å². The van der Waals surface area contributed by atoms with Crippen LogP contribution in [0.15, 0.2) is 58.1 Å². The Labute approximate surface area is 155 Å². The van der Waals surface area contributed by atoms with Gasteiger partial charge in [0.05, 0.1) is 11.0 Å². The monoisotopic (exact) mass is 370 g/mol. The van der Waals surface area contributed by atoms with Crippen molar-refractivity contribution in [1.82, 2.24) is 9.72 Å². The number of aromatic nitrogens is 2. The van der Waals surface area contributed by atoms with Gasteiger partial charge in [0.25, 0.3) is 0 Å². The first-order valence-electron chi connectivity index (χ1n) is 8.35. The number of carbonyl (C=O) groups excluding carboxylic acids is 1. The lowest BCUT2D eigenvalue weighted by Crippen LogP contribution is -2.24. The summed E-state index contributed by atoms with van der Waals surface area (Å²) in [7, 11) is 0. The Bertz CT molecular complexity index is 999. The van der Waals surface area contributed by atoms with Crippen LogP contribution in [0.25, 0.3) is 22.4 Å². The number of halogens is 1. The maximum atomic E-state index is 13.3. The maximum absolute atomic E-state index is 13.3. The average molecular weight is 370 g/mol. The molecule has 140 valence electrons. The first kappa shape index (κ1) is 18.6. The van der Waals surface area contributed by atoms with Crippen LogP contribution in [0.1, 0.15) is 20.8 Å². The van der Waals surface area contributed by atoms with Gasteiger partial charge in [-0.25, -0.2) is 9.18 Å². The van der Waals surface area contributed by atoms with E-state index in [2.05, 4.69) is 4.98 Å². The highest BCUT2D eigenvalue weighted by molar-refractivity contribution is 5.80. The van der Waals surface area contributed by atoms with Crippen LogP contribution >= 0.6 is 0 Å². The smallest absolute Gasteiger partial charge is 0.366 e. The highest BCUT2D eigenvalue weighted by atomic mass is 19.1. The van der Waals surface area contributed by atoms with Gasteiger partial charge in [0.1, 0.15) is 11.5 Å². The molecule has 0 fully saturated rings. The molecule has 2 heterocycles. The van der Waals surface area contributed by atoms with Crippen LogP contribution in [0, 0.1) is 11.2 Å². The van der Waals surface area contributed by atoms with Crippen molar-refractivity contribution in [3.05, 3.63) is 65.0 Å². The van der Waals surface area contributed by atoms with Crippen molar-refractivity contribution in [3.8, 4) is 22.4 Å². The van der Waals surface area contributed by atoms with Gasteiger partial charge in [0.15, 0.2) is 6.73 Å². The lowest BCUT2D eigenvalue weighted by atomic mass is 9.98. The fourth-order valence-corrected chi connectivity index (χ4v) is 2.51. The Morgan fingerprint density at radius 1 is 1.11 bits per heavy atom. The highest BCUT2D eigenvalue weighted by Gasteiger charge is 2.25. The van der Waals surface area contributed by atoms with Crippen molar-refractivity contribution in [3.63, 3.8) is 0 Å². The molecule has 0 saturated carbocycles. The van der Waals surface area contributed by atoms with Gasteiger partial charge in [-0.15, -0.1) is 0 Å². The number of hydrogen-bond acceptors (Lipinski definition) is 5. The van der Waals surface area contributed by atoms with Crippen molar-refractivity contribution in [2.24, 2.45) is 5.41 Å². The topological polar surface area (TPSA) is 74.3 Å². The summed E-state index contributed by atoms with van der Waals surface area (Å²) in [6.45, 7) is 4.93. The van der Waals surface area contributed by atoms with Gasteiger partial charge in [-0.05, 0) is 50.6 Å². The van der Waals surface area contributed by atoms with Crippen molar-refractivity contribution in [2.45, 2.75) is 27.5 Å². The van der Waals surface area contributed by atoms with Crippen LogP contribution in [-0.4, -0.2) is 15.7 Å². The third-order valence-electron chi connectivity index (χ3n) is 3.90. The summed E-state index contributed by atoms with van der Waals surface area (Å²) in [5, 5.41) is 0. The van der Waals surface area contributed by atoms with E-state index >= 15 is 0 Å². The SMILES string of the molecule is CC(C)(C)C(=O)OCn1oc(=O)c(-c2ccc(F)cc2)c1-c1ccncc1. The van der Waals surface area contributed by atoms with E-state index in [0.717, 1.165) is 0 Å². The molecule has 7 heteroatoms. The minimum atomic E-state index is -0.690. The minimum Gasteiger partial charge on any atom is -0.441 e. The zero-order chi connectivity index (χ0) is 19.6. The van der Waals surface area contributed by atoms with E-state index in [1.54, 1.807) is 45.3 Å². The molecular formula is C20H19FN2O4. The van der Waals surface area contributed by atoms with Crippen LogP contribution in [0.4, 0.5) is 4.39 Å². The minimum absolute atomic E-state index is 0.257. The number of benzene rings is 1. The molecule has 0 aliphatic heterocycles. The second-order valence-corrected chi connectivity index (χ2v) is 7.03. The number of nitrogens with zero attached hydrogens (tertiary/aromatic N) is 2. The number of esters is 1. The summed E-state index contributed by atoms with van der Waals surface area (Å²) in [5.74, 6) is -0.838. The molecule has 3 rings (SSSR count). The summed E-state index contributed by atoms with van der Waals surface area (Å²) in [5.41, 5.74) is 0.535. The third kappa shape index (κ3) is 3.97. The van der Waals surface area contributed by atoms with E-state index in [4.69, 9.17) is 9.26 Å². The van der Waals surface area contributed by atoms with Gasteiger partial charge in [0.2, 0.25) is 0 Å². The van der Waals surface area contributed by atoms with E-state index in [1.165, 1.54) is 29.0 Å². The molecule has 3 aromatic rings. The molecule has 27 heavy (non-hydrogen) atoms. The molecule has 0 N–H and O–H groups in total. The number of pyridine rings is 1. The van der Waals surface area contributed by atoms with Crippen LogP contribution in [0.5, 0.6) is 0 Å². The quantitative estimate of drug-likeness (QED) is 0.652. The summed E-state index contributed by atoms with van der Waals surface area (Å²) < 4.78 is 25.1. The Morgan fingerprint density at radius 3 is 2.33 bits per heavy atom. The zero-order valence-corrected chi connectivity index (χ0v) is 15.2. The van der Waals surface area contributed by atoms with Gasteiger partial charge in [-0.3, -0.25) is 9.78 Å². The molecule has 0 aliphatic rings. The van der Waals surface area contributed by atoms with Crippen LogP contribution in [-0.2, 0) is 16.3 Å². The zero-order valence-electron chi connectivity index (χ0n) is 15.2. The van der Waals surface area contributed by atoms with Crippen molar-refractivity contribution >= 4 is 5.97 Å². The van der Waals surface area contributed by atoms with Crippen molar-refractivity contribution in [1.29, 1.82) is 0 Å². The van der Waals surface area contributed by atoms with Crippen molar-refractivity contribution in [2.75, 3.05) is 0 Å². The molecule has 0 bridgehead atoms. The van der Waals surface area contributed by atoms with E-state index in [-0.39, 0.29) is 12.3 Å². The second-order valence-electron chi connectivity index (χ2n) is 7.03. The Kier molecular flexibility index (Phi) is 4.94.